The highest BCUT2D eigenvalue weighted by Crippen LogP contribution is 2.23. The molecule has 1 aliphatic rings. The van der Waals surface area contributed by atoms with Gasteiger partial charge in [-0.05, 0) is 25.3 Å². The van der Waals surface area contributed by atoms with E-state index >= 15 is 0 Å². The van der Waals surface area contributed by atoms with E-state index in [0.717, 1.165) is 18.4 Å². The third-order valence-electron chi connectivity index (χ3n) is 3.51. The van der Waals surface area contributed by atoms with E-state index in [2.05, 4.69) is 5.32 Å². The van der Waals surface area contributed by atoms with Crippen LogP contribution in [0.4, 0.5) is 0 Å². The lowest BCUT2D eigenvalue weighted by atomic mass is 9.94. The number of hydrogen-bond acceptors (Lipinski definition) is 1. The van der Waals surface area contributed by atoms with Gasteiger partial charge in [-0.1, -0.05) is 42.7 Å². The number of nitrogens with one attached hydrogen (secondary N) is 1. The van der Waals surface area contributed by atoms with E-state index < -0.39 is 0 Å². The van der Waals surface area contributed by atoms with Crippen LogP contribution in [-0.2, 0) is 11.2 Å². The Hall–Kier alpha value is -1.02. The average Bonchev–Trinajstić information content (AvgIpc) is 2.35. The molecule has 1 aliphatic carbocycles. The quantitative estimate of drug-likeness (QED) is 0.836. The van der Waals surface area contributed by atoms with Crippen molar-refractivity contribution in [3.05, 3.63) is 35.4 Å². The Morgan fingerprint density at radius 1 is 1.28 bits per heavy atom. The maximum Gasteiger partial charge on any atom is 0.224 e. The van der Waals surface area contributed by atoms with Gasteiger partial charge in [-0.3, -0.25) is 4.79 Å². The molecule has 1 amide bonds. The molecular formula is C15H20ClNO. The van der Waals surface area contributed by atoms with Crippen LogP contribution in [-0.4, -0.2) is 17.3 Å². The number of hydrogen-bond donors (Lipinski definition) is 1. The molecule has 0 bridgehead atoms. The smallest absolute Gasteiger partial charge is 0.224 e. The van der Waals surface area contributed by atoms with E-state index in [0.29, 0.717) is 6.42 Å². The summed E-state index contributed by atoms with van der Waals surface area (Å²) in [5, 5.41) is 3.16. The van der Waals surface area contributed by atoms with Crippen LogP contribution in [0.1, 0.15) is 36.8 Å². The van der Waals surface area contributed by atoms with Crippen molar-refractivity contribution in [1.29, 1.82) is 0 Å². The molecule has 1 N–H and O–H groups in total. The molecule has 2 rings (SSSR count). The van der Waals surface area contributed by atoms with Crippen molar-refractivity contribution < 1.29 is 4.79 Å². The molecule has 0 radical (unpaired) electrons. The normalized spacial score (nSPS) is 23.7. The number of amides is 1. The largest absolute Gasteiger partial charge is 0.352 e. The van der Waals surface area contributed by atoms with E-state index in [1.165, 1.54) is 18.4 Å². The van der Waals surface area contributed by atoms with Gasteiger partial charge in [-0.15, -0.1) is 11.6 Å². The molecule has 0 aromatic heterocycles. The molecule has 3 heteroatoms. The lowest BCUT2D eigenvalue weighted by Crippen LogP contribution is -2.43. The molecule has 1 saturated carbocycles. The van der Waals surface area contributed by atoms with Crippen molar-refractivity contribution in [2.24, 2.45) is 0 Å². The topological polar surface area (TPSA) is 29.1 Å². The number of halogens is 1. The van der Waals surface area contributed by atoms with E-state index in [-0.39, 0.29) is 17.3 Å². The van der Waals surface area contributed by atoms with Gasteiger partial charge in [0, 0.05) is 6.04 Å². The van der Waals surface area contributed by atoms with Gasteiger partial charge in [0.15, 0.2) is 0 Å². The Labute approximate surface area is 114 Å². The molecule has 1 aromatic rings. The van der Waals surface area contributed by atoms with Crippen LogP contribution in [0, 0.1) is 6.92 Å². The molecular weight excluding hydrogens is 246 g/mol. The lowest BCUT2D eigenvalue weighted by molar-refractivity contribution is -0.121. The summed E-state index contributed by atoms with van der Waals surface area (Å²) in [6.07, 6.45) is 4.81. The predicted octanol–water partition coefficient (Wildman–Crippen LogP) is 3.20. The Bertz CT molecular complexity index is 401. The van der Waals surface area contributed by atoms with Crippen LogP contribution in [0.5, 0.6) is 0 Å². The van der Waals surface area contributed by atoms with Crippen LogP contribution < -0.4 is 5.32 Å². The van der Waals surface area contributed by atoms with Crippen LogP contribution in [0.15, 0.2) is 24.3 Å². The maximum atomic E-state index is 11.9. The summed E-state index contributed by atoms with van der Waals surface area (Å²) in [5.41, 5.74) is 2.27. The van der Waals surface area contributed by atoms with Gasteiger partial charge < -0.3 is 5.32 Å². The van der Waals surface area contributed by atoms with Gasteiger partial charge >= 0.3 is 0 Å². The molecule has 2 unspecified atom stereocenters. The maximum absolute atomic E-state index is 11.9. The molecule has 0 saturated heterocycles. The summed E-state index contributed by atoms with van der Waals surface area (Å²) in [5.74, 6) is 0.0800. The SMILES string of the molecule is Cc1ccc(CC(=O)NC2CCCCC2Cl)cc1. The number of carbonyl (C=O) groups is 1. The first-order valence-corrected chi connectivity index (χ1v) is 7.08. The molecule has 0 spiro atoms. The Kier molecular flexibility index (Phi) is 4.65. The lowest BCUT2D eigenvalue weighted by Gasteiger charge is -2.27. The van der Waals surface area contributed by atoms with Gasteiger partial charge in [0.05, 0.1) is 11.8 Å². The number of carbonyl (C=O) groups excluding carboxylic acids is 1. The highest BCUT2D eigenvalue weighted by molar-refractivity contribution is 6.21. The Morgan fingerprint density at radius 3 is 2.61 bits per heavy atom. The molecule has 1 fully saturated rings. The predicted molar refractivity (Wildman–Crippen MR) is 74.9 cm³/mol. The Balaban J connectivity index is 1.86. The summed E-state index contributed by atoms with van der Waals surface area (Å²) in [6.45, 7) is 2.05. The minimum absolute atomic E-state index is 0.0800. The van der Waals surface area contributed by atoms with Crippen molar-refractivity contribution in [2.45, 2.75) is 50.4 Å². The number of benzene rings is 1. The van der Waals surface area contributed by atoms with Gasteiger partial charge in [0.1, 0.15) is 0 Å². The van der Waals surface area contributed by atoms with Crippen molar-refractivity contribution in [3.63, 3.8) is 0 Å². The molecule has 0 aliphatic heterocycles. The van der Waals surface area contributed by atoms with Gasteiger partial charge in [-0.2, -0.15) is 0 Å². The highest BCUT2D eigenvalue weighted by Gasteiger charge is 2.24. The van der Waals surface area contributed by atoms with Crippen LogP contribution in [0.25, 0.3) is 0 Å². The monoisotopic (exact) mass is 265 g/mol. The molecule has 18 heavy (non-hydrogen) atoms. The van der Waals surface area contributed by atoms with Crippen LogP contribution in [0.3, 0.4) is 0 Å². The first kappa shape index (κ1) is 13.4. The minimum Gasteiger partial charge on any atom is -0.352 e. The first-order valence-electron chi connectivity index (χ1n) is 6.64. The molecule has 98 valence electrons. The van der Waals surface area contributed by atoms with E-state index in [1.807, 2.05) is 31.2 Å². The Morgan fingerprint density at radius 2 is 1.94 bits per heavy atom. The minimum atomic E-state index is 0.0800. The van der Waals surface area contributed by atoms with Crippen LogP contribution >= 0.6 is 11.6 Å². The fourth-order valence-electron chi connectivity index (χ4n) is 2.40. The van der Waals surface area contributed by atoms with E-state index in [4.69, 9.17) is 11.6 Å². The van der Waals surface area contributed by atoms with Crippen molar-refractivity contribution in [1.82, 2.24) is 5.32 Å². The van der Waals surface area contributed by atoms with Crippen molar-refractivity contribution in [3.8, 4) is 0 Å². The van der Waals surface area contributed by atoms with Crippen molar-refractivity contribution in [2.75, 3.05) is 0 Å². The number of rotatable bonds is 3. The molecule has 1 aromatic carbocycles. The third-order valence-corrected chi connectivity index (χ3v) is 4.04. The molecule has 2 atom stereocenters. The fourth-order valence-corrected chi connectivity index (χ4v) is 2.74. The zero-order chi connectivity index (χ0) is 13.0. The second-order valence-corrected chi connectivity index (χ2v) is 5.70. The fraction of sp³-hybridized carbons (Fsp3) is 0.533. The van der Waals surface area contributed by atoms with Gasteiger partial charge in [0.2, 0.25) is 5.91 Å². The summed E-state index contributed by atoms with van der Waals surface area (Å²) in [7, 11) is 0. The second kappa shape index (κ2) is 6.24. The first-order chi connectivity index (χ1) is 8.65. The zero-order valence-corrected chi connectivity index (χ0v) is 11.5. The summed E-state index contributed by atoms with van der Waals surface area (Å²) in [6, 6.07) is 8.24. The molecule has 2 nitrogen and oxygen atoms in total. The third kappa shape index (κ3) is 3.74. The summed E-state index contributed by atoms with van der Waals surface area (Å²) < 4.78 is 0. The second-order valence-electron chi connectivity index (χ2n) is 5.14. The average molecular weight is 266 g/mol. The van der Waals surface area contributed by atoms with Gasteiger partial charge in [-0.25, -0.2) is 0 Å². The summed E-state index contributed by atoms with van der Waals surface area (Å²) in [4.78, 5) is 11.9. The van der Waals surface area contributed by atoms with Crippen LogP contribution in [0.2, 0.25) is 0 Å². The summed E-state index contributed by atoms with van der Waals surface area (Å²) >= 11 is 6.24. The van der Waals surface area contributed by atoms with Crippen molar-refractivity contribution >= 4 is 17.5 Å². The zero-order valence-electron chi connectivity index (χ0n) is 10.8. The number of aryl methyl sites for hydroxylation is 1. The van der Waals surface area contributed by atoms with E-state index in [1.54, 1.807) is 0 Å². The standard InChI is InChI=1S/C15H20ClNO/c1-11-6-8-12(9-7-11)10-15(18)17-14-5-3-2-4-13(14)16/h6-9,13-14H,2-5,10H2,1H3,(H,17,18). The van der Waals surface area contributed by atoms with Gasteiger partial charge in [0.25, 0.3) is 0 Å². The van der Waals surface area contributed by atoms with E-state index in [9.17, 15) is 4.79 Å². The molecule has 0 heterocycles. The highest BCUT2D eigenvalue weighted by atomic mass is 35.5. The number of alkyl halides is 1.